The van der Waals surface area contributed by atoms with Crippen LogP contribution in [0, 0.1) is 5.92 Å². The molecular weight excluding hydrogens is 529 g/mol. The minimum atomic E-state index is -1.11. The number of epoxide rings is 1. The summed E-state index contributed by atoms with van der Waals surface area (Å²) in [7, 11) is 1.38. The standard InChI is InChI=1S/C24H33Cl2N3O6S/c1-13(2)8-17(20(30)24(3)12-35-24)27-23(33)19(11-36-5)29-22(32)18(10-34-4)28-21(31)15-9-14(25)6-7-16(15)26/h6-7,9,13,17-19H,8,10-12H2,1-5H3,(H,27,33)(H,28,31)(H,29,32)/t17-,18-,19+,24+/m0/s1. The average Bonchev–Trinajstić information content (AvgIpc) is 3.57. The minimum absolute atomic E-state index is 0.0994. The molecule has 2 rings (SSSR count). The number of thioether (sulfide) groups is 1. The highest BCUT2D eigenvalue weighted by molar-refractivity contribution is 7.98. The van der Waals surface area contributed by atoms with Gasteiger partial charge in [0.1, 0.15) is 17.7 Å². The van der Waals surface area contributed by atoms with Gasteiger partial charge >= 0.3 is 0 Å². The average molecular weight is 563 g/mol. The molecule has 1 aromatic carbocycles. The number of halogens is 2. The van der Waals surface area contributed by atoms with E-state index in [1.54, 1.807) is 19.2 Å². The van der Waals surface area contributed by atoms with Gasteiger partial charge in [0.2, 0.25) is 11.8 Å². The molecule has 0 unspecified atom stereocenters. The maximum atomic E-state index is 13.1. The zero-order chi connectivity index (χ0) is 27.0. The number of ether oxygens (including phenoxy) is 2. The maximum absolute atomic E-state index is 13.1. The predicted octanol–water partition coefficient (Wildman–Crippen LogP) is 2.47. The van der Waals surface area contributed by atoms with Crippen molar-refractivity contribution >= 4 is 58.5 Å². The van der Waals surface area contributed by atoms with Crippen molar-refractivity contribution in [1.29, 1.82) is 0 Å². The van der Waals surface area contributed by atoms with Gasteiger partial charge in [-0.1, -0.05) is 37.0 Å². The van der Waals surface area contributed by atoms with Gasteiger partial charge in [-0.15, -0.1) is 0 Å². The van der Waals surface area contributed by atoms with Crippen LogP contribution in [0.3, 0.4) is 0 Å². The number of carbonyl (C=O) groups excluding carboxylic acids is 4. The Kier molecular flexibility index (Phi) is 11.5. The summed E-state index contributed by atoms with van der Waals surface area (Å²) >= 11 is 13.4. The van der Waals surface area contributed by atoms with Crippen LogP contribution in [-0.4, -0.2) is 79.6 Å². The summed E-state index contributed by atoms with van der Waals surface area (Å²) in [5.74, 6) is -1.53. The number of ketones is 1. The van der Waals surface area contributed by atoms with Gasteiger partial charge in [-0.25, -0.2) is 0 Å². The smallest absolute Gasteiger partial charge is 0.253 e. The first-order chi connectivity index (χ1) is 16.9. The van der Waals surface area contributed by atoms with Crippen molar-refractivity contribution in [1.82, 2.24) is 16.0 Å². The lowest BCUT2D eigenvalue weighted by atomic mass is 9.93. The molecular formula is C24H33Cl2N3O6S. The normalized spacial score (nSPS) is 19.2. The van der Waals surface area contributed by atoms with Gasteiger partial charge in [-0.05, 0) is 43.7 Å². The first-order valence-electron chi connectivity index (χ1n) is 11.4. The molecule has 1 aliphatic rings. The van der Waals surface area contributed by atoms with Crippen molar-refractivity contribution in [2.45, 2.75) is 50.9 Å². The molecule has 0 aliphatic carbocycles. The van der Waals surface area contributed by atoms with Crippen LogP contribution in [0.2, 0.25) is 10.0 Å². The first-order valence-corrected chi connectivity index (χ1v) is 13.6. The number of methoxy groups -OCH3 is 1. The zero-order valence-electron chi connectivity index (χ0n) is 21.0. The monoisotopic (exact) mass is 561 g/mol. The SMILES string of the molecule is COC[C@H](NC(=O)c1cc(Cl)ccc1Cl)C(=O)N[C@H](CSC)C(=O)N[C@@H](CC(C)C)C(=O)[C@@]1(C)CO1. The van der Waals surface area contributed by atoms with Gasteiger partial charge in [-0.2, -0.15) is 11.8 Å². The molecule has 4 atom stereocenters. The van der Waals surface area contributed by atoms with Crippen molar-refractivity contribution in [3.05, 3.63) is 33.8 Å². The zero-order valence-corrected chi connectivity index (χ0v) is 23.3. The Hall–Kier alpha value is -1.85. The fraction of sp³-hybridized carbons (Fsp3) is 0.583. The molecule has 1 aliphatic heterocycles. The van der Waals surface area contributed by atoms with Crippen molar-refractivity contribution in [3.63, 3.8) is 0 Å². The molecule has 0 spiro atoms. The van der Waals surface area contributed by atoms with E-state index in [-0.39, 0.29) is 34.6 Å². The van der Waals surface area contributed by atoms with Gasteiger partial charge in [0.25, 0.3) is 5.91 Å². The third kappa shape index (κ3) is 8.62. The molecule has 12 heteroatoms. The lowest BCUT2D eigenvalue weighted by Crippen LogP contribution is -2.58. The summed E-state index contributed by atoms with van der Waals surface area (Å²) in [5.41, 5.74) is -0.789. The van der Waals surface area contributed by atoms with E-state index in [0.717, 1.165) is 0 Å². The molecule has 200 valence electrons. The number of nitrogens with one attached hydrogen (secondary N) is 3. The Morgan fingerprint density at radius 1 is 1.08 bits per heavy atom. The highest BCUT2D eigenvalue weighted by Crippen LogP contribution is 2.29. The van der Waals surface area contributed by atoms with Gasteiger partial charge in [0.05, 0.1) is 29.8 Å². The summed E-state index contributed by atoms with van der Waals surface area (Å²) in [6.45, 7) is 5.77. The molecule has 0 bridgehead atoms. The van der Waals surface area contributed by atoms with Crippen LogP contribution in [0.4, 0.5) is 0 Å². The van der Waals surface area contributed by atoms with E-state index in [9.17, 15) is 19.2 Å². The Morgan fingerprint density at radius 2 is 1.69 bits per heavy atom. The molecule has 1 saturated heterocycles. The topological polar surface area (TPSA) is 126 Å². The van der Waals surface area contributed by atoms with E-state index < -0.39 is 41.4 Å². The van der Waals surface area contributed by atoms with Crippen molar-refractivity contribution in [3.8, 4) is 0 Å². The Labute approximate surface area is 225 Å². The summed E-state index contributed by atoms with van der Waals surface area (Å²) in [6.07, 6.45) is 2.23. The van der Waals surface area contributed by atoms with Gasteiger partial charge in [0.15, 0.2) is 5.78 Å². The second-order valence-electron chi connectivity index (χ2n) is 9.20. The van der Waals surface area contributed by atoms with Crippen LogP contribution in [0.5, 0.6) is 0 Å². The molecule has 0 aromatic heterocycles. The molecule has 0 saturated carbocycles. The first kappa shape index (κ1) is 30.4. The molecule has 0 radical (unpaired) electrons. The van der Waals surface area contributed by atoms with E-state index in [1.807, 2.05) is 13.8 Å². The number of hydrogen-bond donors (Lipinski definition) is 3. The number of benzene rings is 1. The van der Waals surface area contributed by atoms with Crippen LogP contribution in [0.1, 0.15) is 37.6 Å². The second kappa shape index (κ2) is 13.6. The number of carbonyl (C=O) groups is 4. The number of rotatable bonds is 14. The van der Waals surface area contributed by atoms with Crippen LogP contribution in [0.15, 0.2) is 18.2 Å². The van der Waals surface area contributed by atoms with Gasteiger partial charge in [-0.3, -0.25) is 19.2 Å². The third-order valence-corrected chi connectivity index (χ3v) is 6.76. The highest BCUT2D eigenvalue weighted by Gasteiger charge is 2.50. The van der Waals surface area contributed by atoms with E-state index in [0.29, 0.717) is 18.1 Å². The quantitative estimate of drug-likeness (QED) is 0.298. The summed E-state index contributed by atoms with van der Waals surface area (Å²) in [6, 6.07) is 1.60. The molecule has 1 heterocycles. The van der Waals surface area contributed by atoms with E-state index in [2.05, 4.69) is 16.0 Å². The molecule has 3 N–H and O–H groups in total. The lowest BCUT2D eigenvalue weighted by Gasteiger charge is -2.26. The minimum Gasteiger partial charge on any atom is -0.382 e. The summed E-state index contributed by atoms with van der Waals surface area (Å²) in [5, 5.41) is 8.51. The summed E-state index contributed by atoms with van der Waals surface area (Å²) < 4.78 is 10.4. The molecule has 1 aromatic rings. The molecule has 36 heavy (non-hydrogen) atoms. The van der Waals surface area contributed by atoms with E-state index in [4.69, 9.17) is 32.7 Å². The molecule has 3 amide bonds. The number of amides is 3. The van der Waals surface area contributed by atoms with Crippen molar-refractivity contribution in [2.75, 3.05) is 32.3 Å². The maximum Gasteiger partial charge on any atom is 0.253 e. The fourth-order valence-electron chi connectivity index (χ4n) is 3.47. The predicted molar refractivity (Wildman–Crippen MR) is 141 cm³/mol. The Morgan fingerprint density at radius 3 is 2.25 bits per heavy atom. The molecule has 9 nitrogen and oxygen atoms in total. The second-order valence-corrected chi connectivity index (χ2v) is 11.0. The Balaban J connectivity index is 2.13. The van der Waals surface area contributed by atoms with Crippen molar-refractivity contribution in [2.24, 2.45) is 5.92 Å². The van der Waals surface area contributed by atoms with E-state index in [1.165, 1.54) is 31.0 Å². The van der Waals surface area contributed by atoms with Crippen LogP contribution in [0.25, 0.3) is 0 Å². The Bertz CT molecular complexity index is 973. The van der Waals surface area contributed by atoms with Gasteiger partial charge in [0, 0.05) is 17.9 Å². The highest BCUT2D eigenvalue weighted by atomic mass is 35.5. The number of hydrogen-bond acceptors (Lipinski definition) is 7. The summed E-state index contributed by atoms with van der Waals surface area (Å²) in [4.78, 5) is 51.8. The number of Topliss-reactive ketones (excluding diaryl/α,β-unsaturated/α-hetero) is 1. The van der Waals surface area contributed by atoms with Gasteiger partial charge < -0.3 is 25.4 Å². The van der Waals surface area contributed by atoms with Crippen LogP contribution >= 0.6 is 35.0 Å². The van der Waals surface area contributed by atoms with E-state index >= 15 is 0 Å². The largest absolute Gasteiger partial charge is 0.382 e. The molecule has 1 fully saturated rings. The van der Waals surface area contributed by atoms with Crippen LogP contribution < -0.4 is 16.0 Å². The fourth-order valence-corrected chi connectivity index (χ4v) is 4.42. The lowest BCUT2D eigenvalue weighted by molar-refractivity contribution is -0.133. The third-order valence-electron chi connectivity index (χ3n) is 5.53. The van der Waals surface area contributed by atoms with Crippen LogP contribution in [-0.2, 0) is 23.9 Å². The van der Waals surface area contributed by atoms with Crippen molar-refractivity contribution < 1.29 is 28.7 Å².